The molecular weight excluding hydrogens is 562 g/mol. The average Bonchev–Trinajstić information content (AvgIpc) is 3.57. The van der Waals surface area contributed by atoms with Crippen molar-refractivity contribution in [2.45, 2.75) is 96.8 Å². The van der Waals surface area contributed by atoms with E-state index in [0.29, 0.717) is 29.5 Å². The highest BCUT2D eigenvalue weighted by Crippen LogP contribution is 2.38. The molecule has 44 heavy (non-hydrogen) atoms. The van der Waals surface area contributed by atoms with Gasteiger partial charge in [-0.05, 0) is 62.0 Å². The number of hydrogen-bond donors (Lipinski definition) is 0. The highest BCUT2D eigenvalue weighted by Gasteiger charge is 2.49. The summed E-state index contributed by atoms with van der Waals surface area (Å²) in [5.74, 6) is -0.274. The molecular formula is C34H47N3O7. The summed E-state index contributed by atoms with van der Waals surface area (Å²) in [6.45, 7) is 6.23. The van der Waals surface area contributed by atoms with Gasteiger partial charge in [0.25, 0.3) is 0 Å². The van der Waals surface area contributed by atoms with Gasteiger partial charge in [0.2, 0.25) is 11.8 Å². The standard InChI is InChI=1S/C34H47N3O7/c1-34(2,3)24-17-31(39)43-29-13-9-11-21(29)10-7-6-8-12-26-32(36-27-16-22(42-5)14-15-25(27)35-26)44-30-18-37(33(24)40)28(19-38)23(30)20-41-4/h14-16,19,21,23-24,28-30H,6-13,17-18,20H2,1-5H3/t21-,23+,24-,28-,29-,30+/m1/s1. The SMILES string of the molecule is COC[C@@H]1[C@@H]2CN(C(=O)[C@H](C(C)(C)C)CC(=O)O[C@@H]3CCC[C@H]3CCCCCc3nc4ccc(OC)cc4nc3O2)[C@@H]1C=O. The molecule has 0 unspecified atom stereocenters. The number of benzene rings is 1. The predicted molar refractivity (Wildman–Crippen MR) is 164 cm³/mol. The van der Waals surface area contributed by atoms with Gasteiger partial charge in [-0.2, -0.15) is 0 Å². The first-order valence-corrected chi connectivity index (χ1v) is 16.1. The van der Waals surface area contributed by atoms with Crippen LogP contribution in [-0.2, 0) is 30.3 Å². The molecule has 2 aliphatic heterocycles. The zero-order valence-corrected chi connectivity index (χ0v) is 26.8. The maximum atomic E-state index is 14.2. The van der Waals surface area contributed by atoms with Crippen LogP contribution in [-0.4, -0.2) is 78.7 Å². The van der Waals surface area contributed by atoms with E-state index in [1.165, 1.54) is 0 Å². The number of carbonyl (C=O) groups excluding carboxylic acids is 3. The van der Waals surface area contributed by atoms with Crippen molar-refractivity contribution in [3.63, 3.8) is 0 Å². The summed E-state index contributed by atoms with van der Waals surface area (Å²) in [4.78, 5) is 51.6. The molecule has 1 amide bonds. The molecule has 6 atom stereocenters. The topological polar surface area (TPSA) is 117 Å². The first-order chi connectivity index (χ1) is 21.1. The van der Waals surface area contributed by atoms with Gasteiger partial charge >= 0.3 is 5.97 Å². The number of aldehydes is 1. The molecule has 10 nitrogen and oxygen atoms in total. The fourth-order valence-electron chi connectivity index (χ4n) is 7.13. The third-order valence-electron chi connectivity index (χ3n) is 9.68. The third kappa shape index (κ3) is 7.00. The Bertz CT molecular complexity index is 1340. The van der Waals surface area contributed by atoms with Crippen LogP contribution < -0.4 is 9.47 Å². The second-order valence-corrected chi connectivity index (χ2v) is 13.7. The molecule has 3 heterocycles. The predicted octanol–water partition coefficient (Wildman–Crippen LogP) is 4.94. The number of aryl methyl sites for hydroxylation is 1. The molecule has 0 spiro atoms. The van der Waals surface area contributed by atoms with Gasteiger partial charge in [0.1, 0.15) is 29.9 Å². The highest BCUT2D eigenvalue weighted by atomic mass is 16.5. The summed E-state index contributed by atoms with van der Waals surface area (Å²) in [6.07, 6.45) is 7.69. The van der Waals surface area contributed by atoms with Gasteiger partial charge in [0.05, 0.1) is 49.7 Å². The summed E-state index contributed by atoms with van der Waals surface area (Å²) in [7, 11) is 3.18. The highest BCUT2D eigenvalue weighted by molar-refractivity contribution is 5.87. The Balaban J connectivity index is 1.53. The largest absolute Gasteiger partial charge is 0.497 e. The van der Waals surface area contributed by atoms with Crippen molar-refractivity contribution < 1.29 is 33.3 Å². The quantitative estimate of drug-likeness (QED) is 0.351. The van der Waals surface area contributed by atoms with Crippen LogP contribution in [0.2, 0.25) is 0 Å². The molecule has 2 fully saturated rings. The van der Waals surface area contributed by atoms with Gasteiger partial charge < -0.3 is 28.6 Å². The molecule has 1 aliphatic carbocycles. The Morgan fingerprint density at radius 2 is 1.77 bits per heavy atom. The molecule has 1 saturated carbocycles. The minimum absolute atomic E-state index is 0.0315. The smallest absolute Gasteiger partial charge is 0.306 e. The van der Waals surface area contributed by atoms with E-state index in [1.54, 1.807) is 19.1 Å². The summed E-state index contributed by atoms with van der Waals surface area (Å²) < 4.78 is 23.6. The second kappa shape index (κ2) is 13.8. The monoisotopic (exact) mass is 609 g/mol. The summed E-state index contributed by atoms with van der Waals surface area (Å²) in [6, 6.07) is 4.82. The van der Waals surface area contributed by atoms with Crippen LogP contribution in [0.4, 0.5) is 0 Å². The maximum Gasteiger partial charge on any atom is 0.306 e. The van der Waals surface area contributed by atoms with Crippen molar-refractivity contribution in [2.75, 3.05) is 27.4 Å². The van der Waals surface area contributed by atoms with E-state index in [1.807, 2.05) is 39.0 Å². The number of amides is 1. The Labute approximate surface area is 260 Å². The van der Waals surface area contributed by atoms with E-state index >= 15 is 0 Å². The lowest BCUT2D eigenvalue weighted by molar-refractivity contribution is -0.157. The van der Waals surface area contributed by atoms with Crippen molar-refractivity contribution in [3.8, 4) is 11.6 Å². The van der Waals surface area contributed by atoms with Gasteiger partial charge in [-0.15, -0.1) is 0 Å². The van der Waals surface area contributed by atoms with Crippen LogP contribution in [0.15, 0.2) is 18.2 Å². The zero-order chi connectivity index (χ0) is 31.4. The van der Waals surface area contributed by atoms with Gasteiger partial charge in [-0.1, -0.05) is 33.6 Å². The molecule has 10 heteroatoms. The summed E-state index contributed by atoms with van der Waals surface area (Å²) in [5.41, 5.74) is 1.62. The first-order valence-electron chi connectivity index (χ1n) is 16.1. The fraction of sp³-hybridized carbons (Fsp3) is 0.676. The molecule has 2 bridgehead atoms. The van der Waals surface area contributed by atoms with Crippen LogP contribution in [0.3, 0.4) is 0 Å². The fourth-order valence-corrected chi connectivity index (χ4v) is 7.13. The van der Waals surface area contributed by atoms with Crippen molar-refractivity contribution >= 4 is 29.2 Å². The first kappa shape index (κ1) is 32.1. The minimum atomic E-state index is -0.772. The van der Waals surface area contributed by atoms with Crippen molar-refractivity contribution in [1.82, 2.24) is 14.9 Å². The Hall–Kier alpha value is -3.27. The van der Waals surface area contributed by atoms with Gasteiger partial charge in [0.15, 0.2) is 0 Å². The number of rotatable bonds is 4. The maximum absolute atomic E-state index is 14.2. The Morgan fingerprint density at radius 3 is 2.50 bits per heavy atom. The second-order valence-electron chi connectivity index (χ2n) is 13.7. The molecule has 2 aromatic rings. The number of hydrogen-bond acceptors (Lipinski definition) is 9. The average molecular weight is 610 g/mol. The van der Waals surface area contributed by atoms with Gasteiger partial charge in [-0.25, -0.2) is 9.97 Å². The van der Waals surface area contributed by atoms with Gasteiger partial charge in [0, 0.05) is 19.1 Å². The van der Waals surface area contributed by atoms with Crippen LogP contribution in [0.25, 0.3) is 11.0 Å². The third-order valence-corrected chi connectivity index (χ3v) is 9.68. The molecule has 5 rings (SSSR count). The van der Waals surface area contributed by atoms with Crippen LogP contribution in [0.1, 0.15) is 77.8 Å². The van der Waals surface area contributed by atoms with Crippen molar-refractivity contribution in [2.24, 2.45) is 23.2 Å². The molecule has 1 saturated heterocycles. The summed E-state index contributed by atoms with van der Waals surface area (Å²) in [5, 5.41) is 0. The van der Waals surface area contributed by atoms with E-state index in [0.717, 1.165) is 62.4 Å². The van der Waals surface area contributed by atoms with E-state index in [2.05, 4.69) is 0 Å². The number of esters is 1. The molecule has 0 N–H and O–H groups in total. The number of fused-ring (bicyclic) bond motifs is 5. The molecule has 240 valence electrons. The number of carbonyl (C=O) groups is 3. The number of aromatic nitrogens is 2. The van der Waals surface area contributed by atoms with E-state index in [4.69, 9.17) is 28.9 Å². The lowest BCUT2D eigenvalue weighted by atomic mass is 9.77. The van der Waals surface area contributed by atoms with Crippen molar-refractivity contribution in [1.29, 1.82) is 0 Å². The Kier molecular flexibility index (Phi) is 10.1. The van der Waals surface area contributed by atoms with Crippen LogP contribution in [0.5, 0.6) is 11.6 Å². The van der Waals surface area contributed by atoms with Crippen LogP contribution in [0, 0.1) is 23.2 Å². The normalized spacial score (nSPS) is 28.8. The van der Waals surface area contributed by atoms with E-state index in [-0.39, 0.29) is 37.6 Å². The number of methoxy groups -OCH3 is 2. The molecule has 0 radical (unpaired) electrons. The zero-order valence-electron chi connectivity index (χ0n) is 26.8. The van der Waals surface area contributed by atoms with Crippen molar-refractivity contribution in [3.05, 3.63) is 23.9 Å². The summed E-state index contributed by atoms with van der Waals surface area (Å²) >= 11 is 0. The minimum Gasteiger partial charge on any atom is -0.497 e. The lowest BCUT2D eigenvalue weighted by Crippen LogP contribution is -2.47. The molecule has 1 aromatic carbocycles. The Morgan fingerprint density at radius 1 is 0.977 bits per heavy atom. The van der Waals surface area contributed by atoms with Crippen LogP contribution >= 0.6 is 0 Å². The van der Waals surface area contributed by atoms with Gasteiger partial charge in [-0.3, -0.25) is 9.59 Å². The van der Waals surface area contributed by atoms with E-state index < -0.39 is 29.4 Å². The molecule has 3 aliphatic rings. The number of nitrogens with zero attached hydrogens (tertiary/aromatic N) is 3. The number of ether oxygens (including phenoxy) is 4. The lowest BCUT2D eigenvalue weighted by Gasteiger charge is -2.34. The van der Waals surface area contributed by atoms with E-state index in [9.17, 15) is 14.4 Å². The molecule has 1 aromatic heterocycles.